The number of H-pyrrole nitrogens is 1. The first-order chi connectivity index (χ1) is 9.66. The molecule has 100 valence electrons. The van der Waals surface area contributed by atoms with Crippen molar-refractivity contribution in [3.8, 4) is 22.4 Å². The van der Waals surface area contributed by atoms with Crippen LogP contribution in [0.5, 0.6) is 0 Å². The second kappa shape index (κ2) is 4.77. The predicted molar refractivity (Wildman–Crippen MR) is 76.2 cm³/mol. The molecule has 0 bridgehead atoms. The third kappa shape index (κ3) is 2.03. The van der Waals surface area contributed by atoms with Crippen molar-refractivity contribution in [3.05, 3.63) is 48.4 Å². The Balaban J connectivity index is 2.02. The molecule has 0 radical (unpaired) electrons. The minimum atomic E-state index is 0.0117. The molecule has 3 aromatic rings. The molecule has 0 aliphatic carbocycles. The summed E-state index contributed by atoms with van der Waals surface area (Å²) in [5, 5.41) is 11.0. The summed E-state index contributed by atoms with van der Waals surface area (Å²) in [6.45, 7) is 1.56. The zero-order chi connectivity index (χ0) is 14.1. The number of benzene rings is 1. The van der Waals surface area contributed by atoms with Crippen LogP contribution in [0.2, 0.25) is 0 Å². The summed E-state index contributed by atoms with van der Waals surface area (Å²) < 4.78 is 1.61. The number of nitrogens with zero attached hydrogens (tertiary/aromatic N) is 3. The number of hydrogen-bond donors (Lipinski definition) is 1. The SMILES string of the molecule is CC(=O)c1c(-c2ccc(-c3ccn[nH]3)cc2)cnn1C. The summed E-state index contributed by atoms with van der Waals surface area (Å²) in [6, 6.07) is 9.89. The highest BCUT2D eigenvalue weighted by atomic mass is 16.1. The molecule has 0 amide bonds. The van der Waals surface area contributed by atoms with Crippen LogP contribution in [-0.2, 0) is 7.05 Å². The molecule has 20 heavy (non-hydrogen) atoms. The first-order valence-electron chi connectivity index (χ1n) is 6.30. The second-order valence-corrected chi connectivity index (χ2v) is 4.63. The third-order valence-corrected chi connectivity index (χ3v) is 3.28. The lowest BCUT2D eigenvalue weighted by Gasteiger charge is -2.04. The van der Waals surface area contributed by atoms with Crippen molar-refractivity contribution in [2.75, 3.05) is 0 Å². The van der Waals surface area contributed by atoms with Gasteiger partial charge in [-0.2, -0.15) is 10.2 Å². The molecule has 2 aromatic heterocycles. The summed E-state index contributed by atoms with van der Waals surface area (Å²) in [5.41, 5.74) is 4.48. The van der Waals surface area contributed by atoms with Gasteiger partial charge < -0.3 is 0 Å². The first kappa shape index (κ1) is 12.3. The fraction of sp³-hybridized carbons (Fsp3) is 0.133. The number of carbonyl (C=O) groups is 1. The molecular weight excluding hydrogens is 252 g/mol. The van der Waals surface area contributed by atoms with Crippen LogP contribution in [0.25, 0.3) is 22.4 Å². The molecule has 5 nitrogen and oxygen atoms in total. The Labute approximate surface area is 116 Å². The quantitative estimate of drug-likeness (QED) is 0.741. The van der Waals surface area contributed by atoms with E-state index in [0.29, 0.717) is 5.69 Å². The molecule has 0 spiro atoms. The van der Waals surface area contributed by atoms with Crippen LogP contribution in [0.1, 0.15) is 17.4 Å². The van der Waals surface area contributed by atoms with Gasteiger partial charge in [-0.05, 0) is 17.2 Å². The molecular formula is C15H14N4O. The zero-order valence-electron chi connectivity index (χ0n) is 11.3. The summed E-state index contributed by atoms with van der Waals surface area (Å²) in [5.74, 6) is 0.0117. The van der Waals surface area contributed by atoms with Crippen molar-refractivity contribution >= 4 is 5.78 Å². The van der Waals surface area contributed by atoms with Gasteiger partial charge in [0, 0.05) is 25.7 Å². The Morgan fingerprint density at radius 3 is 2.45 bits per heavy atom. The maximum absolute atomic E-state index is 11.7. The van der Waals surface area contributed by atoms with E-state index in [1.807, 2.05) is 30.3 Å². The van der Waals surface area contributed by atoms with Gasteiger partial charge in [-0.25, -0.2) is 0 Å². The van der Waals surface area contributed by atoms with Crippen LogP contribution >= 0.6 is 0 Å². The number of Topliss-reactive ketones (excluding diaryl/α,β-unsaturated/α-hetero) is 1. The highest BCUT2D eigenvalue weighted by Crippen LogP contribution is 2.26. The van der Waals surface area contributed by atoms with Crippen LogP contribution in [0, 0.1) is 0 Å². The number of aryl methyl sites for hydroxylation is 1. The van der Waals surface area contributed by atoms with Gasteiger partial charge in [-0.1, -0.05) is 24.3 Å². The van der Waals surface area contributed by atoms with Crippen LogP contribution < -0.4 is 0 Å². The molecule has 2 heterocycles. The molecule has 0 saturated carbocycles. The fourth-order valence-electron chi connectivity index (χ4n) is 2.31. The zero-order valence-corrected chi connectivity index (χ0v) is 11.3. The molecule has 0 aliphatic rings. The number of carbonyl (C=O) groups excluding carboxylic acids is 1. The number of aromatic amines is 1. The van der Waals surface area contributed by atoms with E-state index < -0.39 is 0 Å². The van der Waals surface area contributed by atoms with Gasteiger partial charge in [0.25, 0.3) is 0 Å². The maximum Gasteiger partial charge on any atom is 0.178 e. The van der Waals surface area contributed by atoms with E-state index in [1.54, 1.807) is 31.0 Å². The average molecular weight is 266 g/mol. The van der Waals surface area contributed by atoms with Crippen molar-refractivity contribution < 1.29 is 4.79 Å². The molecule has 0 unspecified atom stereocenters. The average Bonchev–Trinajstić information content (AvgIpc) is 3.08. The van der Waals surface area contributed by atoms with E-state index >= 15 is 0 Å². The predicted octanol–water partition coefficient (Wildman–Crippen LogP) is 2.68. The van der Waals surface area contributed by atoms with Gasteiger partial charge in [0.1, 0.15) is 5.69 Å². The Bertz CT molecular complexity index is 739. The number of hydrogen-bond acceptors (Lipinski definition) is 3. The van der Waals surface area contributed by atoms with E-state index in [0.717, 1.165) is 22.4 Å². The maximum atomic E-state index is 11.7. The number of rotatable bonds is 3. The van der Waals surface area contributed by atoms with Crippen molar-refractivity contribution in [1.29, 1.82) is 0 Å². The van der Waals surface area contributed by atoms with Crippen molar-refractivity contribution in [2.24, 2.45) is 7.05 Å². The Morgan fingerprint density at radius 1 is 1.15 bits per heavy atom. The van der Waals surface area contributed by atoms with Gasteiger partial charge in [0.2, 0.25) is 0 Å². The minimum Gasteiger partial charge on any atom is -0.293 e. The highest BCUT2D eigenvalue weighted by molar-refractivity contribution is 5.99. The van der Waals surface area contributed by atoms with E-state index in [1.165, 1.54) is 0 Å². The van der Waals surface area contributed by atoms with Crippen molar-refractivity contribution in [3.63, 3.8) is 0 Å². The van der Waals surface area contributed by atoms with Gasteiger partial charge >= 0.3 is 0 Å². The van der Waals surface area contributed by atoms with Gasteiger partial charge in [0.05, 0.1) is 11.9 Å². The summed E-state index contributed by atoms with van der Waals surface area (Å²) in [6.07, 6.45) is 3.44. The first-order valence-corrected chi connectivity index (χ1v) is 6.30. The molecule has 0 saturated heterocycles. The largest absolute Gasteiger partial charge is 0.293 e. The molecule has 3 rings (SSSR count). The standard InChI is InChI=1S/C15H14N4O/c1-10(20)15-13(9-17-19(15)2)11-3-5-12(6-4-11)14-7-8-16-18-14/h3-9H,1-2H3,(H,16,18). The molecule has 0 aliphatic heterocycles. The van der Waals surface area contributed by atoms with Gasteiger partial charge in [0.15, 0.2) is 5.78 Å². The third-order valence-electron chi connectivity index (χ3n) is 3.28. The molecule has 5 heteroatoms. The second-order valence-electron chi connectivity index (χ2n) is 4.63. The lowest BCUT2D eigenvalue weighted by Crippen LogP contribution is -2.04. The van der Waals surface area contributed by atoms with E-state index in [9.17, 15) is 4.79 Å². The van der Waals surface area contributed by atoms with Crippen molar-refractivity contribution in [1.82, 2.24) is 20.0 Å². The fourth-order valence-corrected chi connectivity index (χ4v) is 2.31. The molecule has 1 N–H and O–H groups in total. The normalized spacial score (nSPS) is 10.7. The lowest BCUT2D eigenvalue weighted by molar-refractivity contribution is 0.100. The number of nitrogens with one attached hydrogen (secondary N) is 1. The summed E-state index contributed by atoms with van der Waals surface area (Å²) in [4.78, 5) is 11.7. The Kier molecular flexibility index (Phi) is 2.95. The number of ketones is 1. The van der Waals surface area contributed by atoms with Gasteiger partial charge in [-0.15, -0.1) is 0 Å². The molecule has 0 fully saturated rings. The minimum absolute atomic E-state index is 0.0117. The van der Waals surface area contributed by atoms with Crippen LogP contribution in [0.4, 0.5) is 0 Å². The Morgan fingerprint density at radius 2 is 1.85 bits per heavy atom. The molecule has 1 aromatic carbocycles. The van der Waals surface area contributed by atoms with Crippen molar-refractivity contribution in [2.45, 2.75) is 6.92 Å². The van der Waals surface area contributed by atoms with E-state index in [2.05, 4.69) is 15.3 Å². The van der Waals surface area contributed by atoms with E-state index in [4.69, 9.17) is 0 Å². The van der Waals surface area contributed by atoms with Crippen LogP contribution in [0.15, 0.2) is 42.7 Å². The lowest BCUT2D eigenvalue weighted by atomic mass is 10.0. The van der Waals surface area contributed by atoms with Gasteiger partial charge in [-0.3, -0.25) is 14.6 Å². The number of aromatic nitrogens is 4. The van der Waals surface area contributed by atoms with Crippen LogP contribution in [-0.4, -0.2) is 25.8 Å². The topological polar surface area (TPSA) is 63.6 Å². The van der Waals surface area contributed by atoms with Crippen LogP contribution in [0.3, 0.4) is 0 Å². The highest BCUT2D eigenvalue weighted by Gasteiger charge is 2.14. The molecule has 0 atom stereocenters. The summed E-state index contributed by atoms with van der Waals surface area (Å²) >= 11 is 0. The summed E-state index contributed by atoms with van der Waals surface area (Å²) in [7, 11) is 1.78. The Hall–Kier alpha value is -2.69. The smallest absolute Gasteiger partial charge is 0.178 e. The monoisotopic (exact) mass is 266 g/mol. The van der Waals surface area contributed by atoms with E-state index in [-0.39, 0.29) is 5.78 Å².